The third-order valence-electron chi connectivity index (χ3n) is 0.707. The van der Waals surface area contributed by atoms with Crippen molar-refractivity contribution in [2.75, 3.05) is 0 Å². The van der Waals surface area contributed by atoms with Crippen molar-refractivity contribution in [2.45, 2.75) is 39.5 Å². The Balaban J connectivity index is -0.0000000720. The zero-order valence-electron chi connectivity index (χ0n) is 6.74. The van der Waals surface area contributed by atoms with Crippen LogP contribution in [-0.2, 0) is 0 Å². The molecule has 0 atom stereocenters. The molecule has 0 spiro atoms. The van der Waals surface area contributed by atoms with E-state index in [9.17, 15) is 0 Å². The van der Waals surface area contributed by atoms with Crippen molar-refractivity contribution in [3.8, 4) is 0 Å². The number of unbranched alkanes of at least 4 members (excludes halogenated alkanes) is 2. The molecule has 0 aromatic carbocycles. The Bertz CT molecular complexity index is 12.5. The van der Waals surface area contributed by atoms with E-state index in [1.807, 2.05) is 0 Å². The molecule has 0 saturated heterocycles. The van der Waals surface area contributed by atoms with Gasteiger partial charge in [-0.15, -0.1) is 0 Å². The molecular formula is C8H18Nd-2. The average Bonchev–Trinajstić information content (AvgIpc) is 1.88. The van der Waals surface area contributed by atoms with Crippen LogP contribution in [0.5, 0.6) is 0 Å². The molecule has 0 aliphatic heterocycles. The molecule has 0 fully saturated rings. The van der Waals surface area contributed by atoms with Gasteiger partial charge in [0.05, 0.1) is 0 Å². The van der Waals surface area contributed by atoms with Gasteiger partial charge in [0.2, 0.25) is 0 Å². The molecule has 0 radical (unpaired) electrons. The SMILES string of the molecule is [CH2-]CCC.[CH2-]CCC.[Nd]. The molecule has 0 amide bonds. The van der Waals surface area contributed by atoms with E-state index in [1.54, 1.807) is 0 Å². The van der Waals surface area contributed by atoms with Gasteiger partial charge < -0.3 is 13.8 Å². The Morgan fingerprint density at radius 3 is 1.00 bits per heavy atom. The van der Waals surface area contributed by atoms with E-state index >= 15 is 0 Å². The maximum atomic E-state index is 3.60. The van der Waals surface area contributed by atoms with Crippen LogP contribution in [0, 0.1) is 54.7 Å². The molecule has 0 nitrogen and oxygen atoms in total. The van der Waals surface area contributed by atoms with Crippen LogP contribution in [0.4, 0.5) is 0 Å². The van der Waals surface area contributed by atoms with Crippen molar-refractivity contribution in [3.63, 3.8) is 0 Å². The van der Waals surface area contributed by atoms with E-state index in [2.05, 4.69) is 27.7 Å². The van der Waals surface area contributed by atoms with Gasteiger partial charge in [-0.2, -0.15) is 12.8 Å². The summed E-state index contributed by atoms with van der Waals surface area (Å²) >= 11 is 0. The molecule has 0 heterocycles. The minimum atomic E-state index is 0. The number of hydrogen-bond acceptors (Lipinski definition) is 0. The van der Waals surface area contributed by atoms with E-state index in [0.29, 0.717) is 0 Å². The minimum Gasteiger partial charge on any atom is -0.343 e. The second-order valence-corrected chi connectivity index (χ2v) is 1.71. The van der Waals surface area contributed by atoms with Gasteiger partial charge in [0.15, 0.2) is 0 Å². The summed E-state index contributed by atoms with van der Waals surface area (Å²) in [6.07, 6.45) is 4.56. The van der Waals surface area contributed by atoms with Gasteiger partial charge >= 0.3 is 0 Å². The van der Waals surface area contributed by atoms with Gasteiger partial charge in [0.25, 0.3) is 0 Å². The van der Waals surface area contributed by atoms with Crippen molar-refractivity contribution >= 4 is 0 Å². The Labute approximate surface area is 93.3 Å². The topological polar surface area (TPSA) is 0 Å². The maximum Gasteiger partial charge on any atom is 0 e. The van der Waals surface area contributed by atoms with Crippen LogP contribution in [0.1, 0.15) is 39.5 Å². The van der Waals surface area contributed by atoms with E-state index < -0.39 is 0 Å². The Hall–Kier alpha value is 1.35. The third-order valence-corrected chi connectivity index (χ3v) is 0.707. The van der Waals surface area contributed by atoms with Gasteiger partial charge in [-0.3, -0.25) is 0 Å². The van der Waals surface area contributed by atoms with Crippen LogP contribution in [0.2, 0.25) is 0 Å². The summed E-state index contributed by atoms with van der Waals surface area (Å²) in [7, 11) is 0. The average molecular weight is 258 g/mol. The van der Waals surface area contributed by atoms with Crippen LogP contribution in [0.25, 0.3) is 0 Å². The second-order valence-electron chi connectivity index (χ2n) is 1.71. The molecule has 0 unspecified atom stereocenters. The van der Waals surface area contributed by atoms with Crippen LogP contribution in [0.3, 0.4) is 0 Å². The predicted octanol–water partition coefficient (Wildman–Crippen LogP) is 3.24. The van der Waals surface area contributed by atoms with Crippen LogP contribution >= 0.6 is 0 Å². The van der Waals surface area contributed by atoms with E-state index in [-0.39, 0.29) is 40.8 Å². The van der Waals surface area contributed by atoms with Crippen LogP contribution < -0.4 is 0 Å². The predicted molar refractivity (Wildman–Crippen MR) is 40.5 cm³/mol. The molecule has 0 bridgehead atoms. The first kappa shape index (κ1) is 16.7. The Morgan fingerprint density at radius 2 is 1.00 bits per heavy atom. The molecule has 0 rings (SSSR count). The molecule has 0 aliphatic carbocycles. The van der Waals surface area contributed by atoms with Gasteiger partial charge in [-0.25, -0.2) is 0 Å². The molecule has 0 aliphatic rings. The van der Waals surface area contributed by atoms with Crippen LogP contribution in [-0.4, -0.2) is 0 Å². The fourth-order valence-electron chi connectivity index (χ4n) is 0. The molecule has 0 saturated carbocycles. The summed E-state index contributed by atoms with van der Waals surface area (Å²) in [5, 5.41) is 0. The quantitative estimate of drug-likeness (QED) is 0.667. The van der Waals surface area contributed by atoms with Crippen molar-refractivity contribution in [1.82, 2.24) is 0 Å². The van der Waals surface area contributed by atoms with Crippen molar-refractivity contribution in [3.05, 3.63) is 13.8 Å². The van der Waals surface area contributed by atoms with Crippen molar-refractivity contribution in [1.29, 1.82) is 0 Å². The fourth-order valence-corrected chi connectivity index (χ4v) is 0. The molecule has 9 heavy (non-hydrogen) atoms. The first-order valence-electron chi connectivity index (χ1n) is 3.41. The monoisotopic (exact) mass is 256 g/mol. The Morgan fingerprint density at radius 1 is 0.889 bits per heavy atom. The van der Waals surface area contributed by atoms with Crippen molar-refractivity contribution in [2.24, 2.45) is 0 Å². The van der Waals surface area contributed by atoms with E-state index in [0.717, 1.165) is 12.8 Å². The second kappa shape index (κ2) is 22.8. The molecule has 56 valence electrons. The summed E-state index contributed by atoms with van der Waals surface area (Å²) in [5.41, 5.74) is 0. The van der Waals surface area contributed by atoms with E-state index in [1.165, 1.54) is 12.8 Å². The standard InChI is InChI=1S/2C4H9.Nd/c2*1-3-4-2;/h2*1,3-4H2,2H3;/q2*-1;. The summed E-state index contributed by atoms with van der Waals surface area (Å²) < 4.78 is 0. The molecule has 0 aromatic heterocycles. The summed E-state index contributed by atoms with van der Waals surface area (Å²) in [6.45, 7) is 11.4. The number of hydrogen-bond donors (Lipinski definition) is 0. The zero-order valence-corrected chi connectivity index (χ0v) is 9.95. The first-order chi connectivity index (χ1) is 3.83. The fraction of sp³-hybridized carbons (Fsp3) is 0.750. The third kappa shape index (κ3) is 45.0. The summed E-state index contributed by atoms with van der Waals surface area (Å²) in [5.74, 6) is 0. The summed E-state index contributed by atoms with van der Waals surface area (Å²) in [6, 6.07) is 0. The zero-order chi connectivity index (χ0) is 6.83. The van der Waals surface area contributed by atoms with Gasteiger partial charge in [0.1, 0.15) is 0 Å². The Kier molecular flexibility index (Phi) is 42.4. The van der Waals surface area contributed by atoms with Crippen molar-refractivity contribution < 1.29 is 40.8 Å². The van der Waals surface area contributed by atoms with Crippen LogP contribution in [0.15, 0.2) is 0 Å². The van der Waals surface area contributed by atoms with Gasteiger partial charge in [-0.1, -0.05) is 26.7 Å². The maximum absolute atomic E-state index is 3.60. The molecule has 0 N–H and O–H groups in total. The number of rotatable bonds is 2. The first-order valence-corrected chi connectivity index (χ1v) is 3.41. The normalized spacial score (nSPS) is 6.67. The molecular weight excluding hydrogens is 240 g/mol. The molecule has 1 heteroatoms. The minimum absolute atomic E-state index is 0. The smallest absolute Gasteiger partial charge is 0 e. The summed E-state index contributed by atoms with van der Waals surface area (Å²) in [4.78, 5) is 0. The van der Waals surface area contributed by atoms with E-state index in [4.69, 9.17) is 0 Å². The molecule has 0 aromatic rings. The van der Waals surface area contributed by atoms with Gasteiger partial charge in [-0.05, 0) is 0 Å². The van der Waals surface area contributed by atoms with Gasteiger partial charge in [0, 0.05) is 40.8 Å². The largest absolute Gasteiger partial charge is 0.343 e.